The summed E-state index contributed by atoms with van der Waals surface area (Å²) < 4.78 is 0. The summed E-state index contributed by atoms with van der Waals surface area (Å²) >= 11 is 1.74. The fraction of sp³-hybridized carbons (Fsp3) is 0.417. The van der Waals surface area contributed by atoms with Gasteiger partial charge in [0.15, 0.2) is 0 Å². The van der Waals surface area contributed by atoms with Gasteiger partial charge in [0.25, 0.3) is 0 Å². The molecule has 0 saturated heterocycles. The van der Waals surface area contributed by atoms with Crippen molar-refractivity contribution < 1.29 is 4.79 Å². The second-order valence-electron chi connectivity index (χ2n) is 3.84. The van der Waals surface area contributed by atoms with Crippen LogP contribution in [0.1, 0.15) is 5.56 Å². The van der Waals surface area contributed by atoms with Gasteiger partial charge >= 0.3 is 0 Å². The van der Waals surface area contributed by atoms with Crippen molar-refractivity contribution in [3.63, 3.8) is 0 Å². The number of carbonyl (C=O) groups excluding carboxylic acids is 1. The number of carbonyl (C=O) groups is 1. The number of thioether (sulfide) groups is 1. The van der Waals surface area contributed by atoms with Crippen molar-refractivity contribution in [2.45, 2.75) is 12.5 Å². The van der Waals surface area contributed by atoms with Crippen LogP contribution in [0, 0.1) is 0 Å². The third-order valence-electron chi connectivity index (χ3n) is 2.69. The average Bonchev–Trinajstić information content (AvgIpc) is 2.73. The summed E-state index contributed by atoms with van der Waals surface area (Å²) in [7, 11) is 0. The summed E-state index contributed by atoms with van der Waals surface area (Å²) in [6, 6.07) is 7.98. The van der Waals surface area contributed by atoms with Crippen LogP contribution in [-0.4, -0.2) is 30.5 Å². The van der Waals surface area contributed by atoms with Crippen molar-refractivity contribution in [2.24, 2.45) is 0 Å². The molecule has 1 amide bonds. The lowest BCUT2D eigenvalue weighted by molar-refractivity contribution is -0.121. The van der Waals surface area contributed by atoms with Crippen molar-refractivity contribution in [1.29, 1.82) is 0 Å². The Labute approximate surface area is 100.0 Å². The standard InChI is InChI=1S/C12H16N2OS/c1-16-7-6-13-12(15)11-8-9-4-2-3-5-10(9)14-11/h2-5,11,14H,6-8H2,1H3,(H,13,15). The maximum atomic E-state index is 11.8. The van der Waals surface area contributed by atoms with Crippen molar-refractivity contribution in [1.82, 2.24) is 5.32 Å². The molecule has 1 aliphatic rings. The van der Waals surface area contributed by atoms with Gasteiger partial charge < -0.3 is 10.6 Å². The van der Waals surface area contributed by atoms with Crippen LogP contribution >= 0.6 is 11.8 Å². The smallest absolute Gasteiger partial charge is 0.242 e. The minimum atomic E-state index is -0.0979. The molecule has 1 aromatic carbocycles. The Morgan fingerprint density at radius 1 is 1.56 bits per heavy atom. The van der Waals surface area contributed by atoms with Gasteiger partial charge in [-0.05, 0) is 17.9 Å². The molecular weight excluding hydrogens is 220 g/mol. The Morgan fingerprint density at radius 2 is 2.38 bits per heavy atom. The Morgan fingerprint density at radius 3 is 3.12 bits per heavy atom. The highest BCUT2D eigenvalue weighted by Crippen LogP contribution is 2.24. The average molecular weight is 236 g/mol. The molecule has 1 atom stereocenters. The summed E-state index contributed by atoms with van der Waals surface area (Å²) in [5.74, 6) is 1.07. The molecule has 0 fully saturated rings. The molecule has 0 aliphatic carbocycles. The molecule has 2 N–H and O–H groups in total. The lowest BCUT2D eigenvalue weighted by Crippen LogP contribution is -2.39. The number of fused-ring (bicyclic) bond motifs is 1. The topological polar surface area (TPSA) is 41.1 Å². The van der Waals surface area contributed by atoms with Crippen LogP contribution in [0.15, 0.2) is 24.3 Å². The first-order valence-electron chi connectivity index (χ1n) is 5.42. The van der Waals surface area contributed by atoms with E-state index in [1.54, 1.807) is 11.8 Å². The Hall–Kier alpha value is -1.16. The van der Waals surface area contributed by atoms with Gasteiger partial charge in [0, 0.05) is 24.4 Å². The van der Waals surface area contributed by atoms with Crippen LogP contribution in [-0.2, 0) is 11.2 Å². The van der Waals surface area contributed by atoms with E-state index in [1.807, 2.05) is 24.5 Å². The maximum absolute atomic E-state index is 11.8. The van der Waals surface area contributed by atoms with E-state index < -0.39 is 0 Å². The van der Waals surface area contributed by atoms with Gasteiger partial charge in [0.05, 0.1) is 0 Å². The third-order valence-corrected chi connectivity index (χ3v) is 3.31. The number of hydrogen-bond acceptors (Lipinski definition) is 3. The first kappa shape index (κ1) is 11.3. The van der Waals surface area contributed by atoms with Crippen LogP contribution in [0.5, 0.6) is 0 Å². The number of nitrogens with one attached hydrogen (secondary N) is 2. The number of para-hydroxylation sites is 1. The van der Waals surface area contributed by atoms with E-state index in [0.29, 0.717) is 0 Å². The number of benzene rings is 1. The van der Waals surface area contributed by atoms with Gasteiger partial charge in [-0.15, -0.1) is 0 Å². The van der Waals surface area contributed by atoms with Crippen LogP contribution in [0.25, 0.3) is 0 Å². The normalized spacial score (nSPS) is 17.7. The number of hydrogen-bond donors (Lipinski definition) is 2. The number of amides is 1. The van der Waals surface area contributed by atoms with Crippen LogP contribution < -0.4 is 10.6 Å². The Bertz CT molecular complexity index is 356. The minimum Gasteiger partial charge on any atom is -0.373 e. The molecular formula is C12H16N2OS. The molecule has 1 heterocycles. The molecule has 0 radical (unpaired) electrons. The molecule has 0 bridgehead atoms. The monoisotopic (exact) mass is 236 g/mol. The zero-order valence-corrected chi connectivity index (χ0v) is 10.1. The van der Waals surface area contributed by atoms with E-state index in [0.717, 1.165) is 24.4 Å². The first-order valence-corrected chi connectivity index (χ1v) is 6.81. The van der Waals surface area contributed by atoms with Crippen molar-refractivity contribution >= 4 is 23.4 Å². The molecule has 4 heteroatoms. The lowest BCUT2D eigenvalue weighted by Gasteiger charge is -2.11. The van der Waals surface area contributed by atoms with Gasteiger partial charge in [0.1, 0.15) is 6.04 Å². The van der Waals surface area contributed by atoms with Gasteiger partial charge in [-0.3, -0.25) is 4.79 Å². The highest BCUT2D eigenvalue weighted by molar-refractivity contribution is 7.98. The SMILES string of the molecule is CSCCNC(=O)C1Cc2ccccc2N1. The molecule has 1 aromatic rings. The molecule has 16 heavy (non-hydrogen) atoms. The summed E-state index contributed by atoms with van der Waals surface area (Å²) in [5.41, 5.74) is 2.32. The molecule has 0 aromatic heterocycles. The molecule has 1 unspecified atom stereocenters. The fourth-order valence-corrected chi connectivity index (χ4v) is 2.16. The summed E-state index contributed by atoms with van der Waals surface area (Å²) in [4.78, 5) is 11.8. The van der Waals surface area contributed by atoms with E-state index in [-0.39, 0.29) is 11.9 Å². The van der Waals surface area contributed by atoms with E-state index in [4.69, 9.17) is 0 Å². The Kier molecular flexibility index (Phi) is 3.72. The maximum Gasteiger partial charge on any atom is 0.242 e. The zero-order valence-electron chi connectivity index (χ0n) is 9.32. The predicted octanol–water partition coefficient (Wildman–Crippen LogP) is 1.50. The molecule has 3 nitrogen and oxygen atoms in total. The van der Waals surface area contributed by atoms with E-state index in [2.05, 4.69) is 16.7 Å². The molecule has 1 aliphatic heterocycles. The summed E-state index contributed by atoms with van der Waals surface area (Å²) in [6.45, 7) is 0.745. The number of rotatable bonds is 4. The largest absolute Gasteiger partial charge is 0.373 e. The fourth-order valence-electron chi connectivity index (χ4n) is 1.86. The predicted molar refractivity (Wildman–Crippen MR) is 68.9 cm³/mol. The van der Waals surface area contributed by atoms with Crippen molar-refractivity contribution in [3.05, 3.63) is 29.8 Å². The second-order valence-corrected chi connectivity index (χ2v) is 4.83. The van der Waals surface area contributed by atoms with E-state index in [9.17, 15) is 4.79 Å². The van der Waals surface area contributed by atoms with E-state index in [1.165, 1.54) is 5.56 Å². The van der Waals surface area contributed by atoms with Crippen LogP contribution in [0.4, 0.5) is 5.69 Å². The number of anilines is 1. The molecule has 2 rings (SSSR count). The van der Waals surface area contributed by atoms with Gasteiger partial charge in [-0.25, -0.2) is 0 Å². The second kappa shape index (κ2) is 5.25. The highest BCUT2D eigenvalue weighted by atomic mass is 32.2. The molecule has 0 spiro atoms. The minimum absolute atomic E-state index is 0.0979. The van der Waals surface area contributed by atoms with Gasteiger partial charge in [-0.2, -0.15) is 11.8 Å². The lowest BCUT2D eigenvalue weighted by atomic mass is 10.1. The van der Waals surface area contributed by atoms with Crippen LogP contribution in [0.3, 0.4) is 0 Å². The molecule has 0 saturated carbocycles. The van der Waals surface area contributed by atoms with Gasteiger partial charge in [0.2, 0.25) is 5.91 Å². The van der Waals surface area contributed by atoms with E-state index >= 15 is 0 Å². The third kappa shape index (κ3) is 2.50. The first-order chi connectivity index (χ1) is 7.81. The zero-order chi connectivity index (χ0) is 11.4. The summed E-state index contributed by atoms with van der Waals surface area (Å²) in [6.07, 6.45) is 2.83. The summed E-state index contributed by atoms with van der Waals surface area (Å²) in [5, 5.41) is 6.18. The Balaban J connectivity index is 1.88. The van der Waals surface area contributed by atoms with Crippen molar-refractivity contribution in [2.75, 3.05) is 23.9 Å². The molecule has 86 valence electrons. The quantitative estimate of drug-likeness (QED) is 0.778. The van der Waals surface area contributed by atoms with Gasteiger partial charge in [-0.1, -0.05) is 18.2 Å². The highest BCUT2D eigenvalue weighted by Gasteiger charge is 2.25. The van der Waals surface area contributed by atoms with Crippen LogP contribution in [0.2, 0.25) is 0 Å². The van der Waals surface area contributed by atoms with Crippen molar-refractivity contribution in [3.8, 4) is 0 Å².